The van der Waals surface area contributed by atoms with Crippen molar-refractivity contribution < 1.29 is 0 Å². The van der Waals surface area contributed by atoms with Crippen LogP contribution in [-0.2, 0) is 6.54 Å². The van der Waals surface area contributed by atoms with E-state index in [0.717, 1.165) is 12.6 Å². The van der Waals surface area contributed by atoms with Crippen LogP contribution in [0.25, 0.3) is 0 Å². The number of hydrogen-bond acceptors (Lipinski definition) is 2. The second-order valence-electron chi connectivity index (χ2n) is 5.36. The molecule has 2 aliphatic rings. The van der Waals surface area contributed by atoms with E-state index in [4.69, 9.17) is 5.73 Å². The number of benzene rings is 1. The van der Waals surface area contributed by atoms with Crippen molar-refractivity contribution >= 4 is 0 Å². The molecule has 2 heteroatoms. The van der Waals surface area contributed by atoms with E-state index in [9.17, 15) is 0 Å². The molecule has 2 fully saturated rings. The van der Waals surface area contributed by atoms with Crippen LogP contribution in [0.2, 0.25) is 0 Å². The number of nitrogens with two attached hydrogens (primary N) is 1. The third kappa shape index (κ3) is 1.66. The number of aryl methyl sites for hydroxylation is 1. The molecule has 1 aromatic carbocycles. The molecular weight excluding hydrogens is 196 g/mol. The molecule has 2 aliphatic heterocycles. The molecule has 0 radical (unpaired) electrons. The van der Waals surface area contributed by atoms with E-state index < -0.39 is 0 Å². The minimum absolute atomic E-state index is 0.421. The molecule has 3 unspecified atom stereocenters. The summed E-state index contributed by atoms with van der Waals surface area (Å²) in [4.78, 5) is 2.62. The summed E-state index contributed by atoms with van der Waals surface area (Å²) in [5.74, 6) is 0. The van der Waals surface area contributed by atoms with Gasteiger partial charge in [0.2, 0.25) is 0 Å². The van der Waals surface area contributed by atoms with Gasteiger partial charge in [-0.05, 0) is 31.7 Å². The van der Waals surface area contributed by atoms with Gasteiger partial charge in [0, 0.05) is 24.7 Å². The Bertz CT molecular complexity index is 371. The molecule has 0 amide bonds. The Morgan fingerprint density at radius 2 is 2.00 bits per heavy atom. The molecule has 2 heterocycles. The minimum atomic E-state index is 0.421. The summed E-state index contributed by atoms with van der Waals surface area (Å²) in [7, 11) is 0. The van der Waals surface area contributed by atoms with Crippen LogP contribution in [0, 0.1) is 6.92 Å². The van der Waals surface area contributed by atoms with Gasteiger partial charge in [-0.1, -0.05) is 29.8 Å². The molecule has 2 bridgehead atoms. The van der Waals surface area contributed by atoms with Crippen LogP contribution in [0.3, 0.4) is 0 Å². The van der Waals surface area contributed by atoms with Gasteiger partial charge >= 0.3 is 0 Å². The molecule has 2 saturated heterocycles. The average Bonchev–Trinajstić information content (AvgIpc) is 2.78. The summed E-state index contributed by atoms with van der Waals surface area (Å²) < 4.78 is 0. The highest BCUT2D eigenvalue weighted by Crippen LogP contribution is 2.37. The molecule has 3 atom stereocenters. The SMILES string of the molecule is Cc1ccc(CN2C3CCC2C(N)C3)cc1. The Hall–Kier alpha value is -0.860. The van der Waals surface area contributed by atoms with Crippen molar-refractivity contribution in [3.63, 3.8) is 0 Å². The van der Waals surface area contributed by atoms with Crippen molar-refractivity contribution in [2.75, 3.05) is 0 Å². The van der Waals surface area contributed by atoms with Crippen molar-refractivity contribution in [3.05, 3.63) is 35.4 Å². The molecule has 3 rings (SSSR count). The van der Waals surface area contributed by atoms with Crippen molar-refractivity contribution in [1.82, 2.24) is 4.90 Å². The largest absolute Gasteiger partial charge is 0.326 e. The van der Waals surface area contributed by atoms with Crippen molar-refractivity contribution in [2.24, 2.45) is 5.73 Å². The molecule has 0 saturated carbocycles. The molecule has 0 spiro atoms. The minimum Gasteiger partial charge on any atom is -0.326 e. The first kappa shape index (κ1) is 10.3. The Morgan fingerprint density at radius 1 is 1.25 bits per heavy atom. The lowest BCUT2D eigenvalue weighted by molar-refractivity contribution is 0.239. The third-order valence-electron chi connectivity index (χ3n) is 4.21. The summed E-state index contributed by atoms with van der Waals surface area (Å²) in [6.45, 7) is 3.22. The van der Waals surface area contributed by atoms with Crippen molar-refractivity contribution in [2.45, 2.75) is 50.9 Å². The number of rotatable bonds is 2. The van der Waals surface area contributed by atoms with Crippen LogP contribution in [0.5, 0.6) is 0 Å². The zero-order valence-electron chi connectivity index (χ0n) is 9.89. The summed E-state index contributed by atoms with van der Waals surface area (Å²) >= 11 is 0. The lowest BCUT2D eigenvalue weighted by Gasteiger charge is -2.22. The standard InChI is InChI=1S/C14H20N2/c1-10-2-4-11(5-3-10)9-16-12-6-7-14(16)13(15)8-12/h2-5,12-14H,6-9,15H2,1H3. The monoisotopic (exact) mass is 216 g/mol. The zero-order chi connectivity index (χ0) is 11.1. The van der Waals surface area contributed by atoms with Gasteiger partial charge in [-0.3, -0.25) is 4.90 Å². The number of fused-ring (bicyclic) bond motifs is 2. The van der Waals surface area contributed by atoms with Gasteiger partial charge in [0.1, 0.15) is 0 Å². The summed E-state index contributed by atoms with van der Waals surface area (Å²) in [5.41, 5.74) is 8.91. The first-order chi connectivity index (χ1) is 7.74. The zero-order valence-corrected chi connectivity index (χ0v) is 9.89. The Kier molecular flexibility index (Phi) is 2.49. The van der Waals surface area contributed by atoms with Gasteiger partial charge in [0.25, 0.3) is 0 Å². The van der Waals surface area contributed by atoms with E-state index >= 15 is 0 Å². The molecule has 1 aromatic rings. The number of hydrogen-bond donors (Lipinski definition) is 1. The lowest BCUT2D eigenvalue weighted by Crippen LogP contribution is -2.36. The van der Waals surface area contributed by atoms with Crippen LogP contribution >= 0.6 is 0 Å². The molecule has 86 valence electrons. The molecule has 2 N–H and O–H groups in total. The molecule has 16 heavy (non-hydrogen) atoms. The summed E-state index contributed by atoms with van der Waals surface area (Å²) in [6, 6.07) is 10.7. The fourth-order valence-electron chi connectivity index (χ4n) is 3.30. The van der Waals surface area contributed by atoms with Gasteiger partial charge in [-0.15, -0.1) is 0 Å². The van der Waals surface area contributed by atoms with Gasteiger partial charge in [0.15, 0.2) is 0 Å². The highest BCUT2D eigenvalue weighted by atomic mass is 15.3. The predicted octanol–water partition coefficient (Wildman–Crippen LogP) is 2.06. The molecule has 0 aromatic heterocycles. The topological polar surface area (TPSA) is 29.3 Å². The normalized spacial score (nSPS) is 33.5. The Labute approximate surface area is 97.4 Å². The van der Waals surface area contributed by atoms with Crippen LogP contribution in [0.15, 0.2) is 24.3 Å². The molecular formula is C14H20N2. The van der Waals surface area contributed by atoms with Crippen LogP contribution in [0.1, 0.15) is 30.4 Å². The van der Waals surface area contributed by atoms with E-state index in [2.05, 4.69) is 36.1 Å². The molecule has 0 aliphatic carbocycles. The average molecular weight is 216 g/mol. The smallest absolute Gasteiger partial charge is 0.0254 e. The van der Waals surface area contributed by atoms with Gasteiger partial charge in [-0.25, -0.2) is 0 Å². The lowest BCUT2D eigenvalue weighted by atomic mass is 9.97. The Balaban J connectivity index is 1.74. The van der Waals surface area contributed by atoms with Crippen LogP contribution in [-0.4, -0.2) is 23.0 Å². The van der Waals surface area contributed by atoms with E-state index in [1.54, 1.807) is 0 Å². The van der Waals surface area contributed by atoms with Crippen LogP contribution < -0.4 is 5.73 Å². The van der Waals surface area contributed by atoms with Crippen LogP contribution in [0.4, 0.5) is 0 Å². The summed E-state index contributed by atoms with van der Waals surface area (Å²) in [6.07, 6.45) is 3.86. The number of nitrogens with zero attached hydrogens (tertiary/aromatic N) is 1. The predicted molar refractivity (Wildman–Crippen MR) is 66.1 cm³/mol. The van der Waals surface area contributed by atoms with E-state index in [1.807, 2.05) is 0 Å². The van der Waals surface area contributed by atoms with E-state index in [1.165, 1.54) is 30.4 Å². The van der Waals surface area contributed by atoms with E-state index in [-0.39, 0.29) is 0 Å². The maximum atomic E-state index is 6.15. The van der Waals surface area contributed by atoms with Gasteiger partial charge in [0.05, 0.1) is 0 Å². The quantitative estimate of drug-likeness (QED) is 0.820. The van der Waals surface area contributed by atoms with E-state index in [0.29, 0.717) is 12.1 Å². The Morgan fingerprint density at radius 3 is 2.56 bits per heavy atom. The maximum Gasteiger partial charge on any atom is 0.0254 e. The fraction of sp³-hybridized carbons (Fsp3) is 0.571. The first-order valence-corrected chi connectivity index (χ1v) is 6.31. The maximum absolute atomic E-state index is 6.15. The van der Waals surface area contributed by atoms with Crippen molar-refractivity contribution in [1.29, 1.82) is 0 Å². The highest BCUT2D eigenvalue weighted by Gasteiger charge is 2.44. The van der Waals surface area contributed by atoms with Gasteiger partial charge in [-0.2, -0.15) is 0 Å². The first-order valence-electron chi connectivity index (χ1n) is 6.31. The second kappa shape index (κ2) is 3.86. The second-order valence-corrected chi connectivity index (χ2v) is 5.36. The fourth-order valence-corrected chi connectivity index (χ4v) is 3.30. The highest BCUT2D eigenvalue weighted by molar-refractivity contribution is 5.22. The molecule has 2 nitrogen and oxygen atoms in total. The van der Waals surface area contributed by atoms with Crippen molar-refractivity contribution in [3.8, 4) is 0 Å². The van der Waals surface area contributed by atoms with Gasteiger partial charge < -0.3 is 5.73 Å². The summed E-state index contributed by atoms with van der Waals surface area (Å²) in [5, 5.41) is 0. The third-order valence-corrected chi connectivity index (χ3v) is 4.21.